The molecule has 12 heteroatoms. The summed E-state index contributed by atoms with van der Waals surface area (Å²) < 4.78 is 20.8. The molecule has 1 saturated heterocycles. The van der Waals surface area contributed by atoms with Gasteiger partial charge in [0, 0.05) is 79.0 Å². The molecule has 0 aliphatic carbocycles. The molecule has 1 atom stereocenters. The van der Waals surface area contributed by atoms with Crippen LogP contribution in [-0.4, -0.2) is 58.8 Å². The minimum atomic E-state index is -0.468. The number of hydrogen-bond donors (Lipinski definition) is 5. The van der Waals surface area contributed by atoms with Gasteiger partial charge in [0.05, 0.1) is 30.1 Å². The van der Waals surface area contributed by atoms with E-state index < -0.39 is 5.82 Å². The monoisotopic (exact) mass is 619 g/mol. The van der Waals surface area contributed by atoms with E-state index in [0.29, 0.717) is 65.2 Å². The van der Waals surface area contributed by atoms with Gasteiger partial charge in [-0.15, -0.1) is 0 Å². The average Bonchev–Trinajstić information content (AvgIpc) is 3.45. The summed E-state index contributed by atoms with van der Waals surface area (Å²) >= 11 is 6.96. The summed E-state index contributed by atoms with van der Waals surface area (Å²) in [6.45, 7) is 3.72. The Bertz CT molecular complexity index is 1640. The van der Waals surface area contributed by atoms with Gasteiger partial charge in [0.15, 0.2) is 11.6 Å². The highest BCUT2D eigenvalue weighted by Gasteiger charge is 2.21. The molecule has 0 unspecified atom stereocenters. The van der Waals surface area contributed by atoms with Crippen LogP contribution < -0.4 is 26.0 Å². The number of pyridine rings is 3. The third kappa shape index (κ3) is 7.13. The number of aliphatic hydroxyl groups excluding tert-OH is 1. The van der Waals surface area contributed by atoms with Gasteiger partial charge in [-0.25, -0.2) is 14.4 Å². The third-order valence-electron chi connectivity index (χ3n) is 7.50. The molecular formula is C32H35ClFN7O3. The summed E-state index contributed by atoms with van der Waals surface area (Å²) in [5.41, 5.74) is 5.45. The minimum Gasteiger partial charge on any atom is -0.481 e. The number of carbonyl (C=O) groups excluding carboxylic acids is 1. The zero-order valence-corrected chi connectivity index (χ0v) is 25.3. The highest BCUT2D eigenvalue weighted by Crippen LogP contribution is 2.38. The average molecular weight is 620 g/mol. The number of nitrogens with one attached hydrogen (secondary N) is 4. The molecule has 1 aliphatic heterocycles. The van der Waals surface area contributed by atoms with Crippen molar-refractivity contribution >= 4 is 29.0 Å². The van der Waals surface area contributed by atoms with Crippen molar-refractivity contribution in [2.24, 2.45) is 0 Å². The number of aliphatic hydroxyl groups is 1. The molecule has 0 saturated carbocycles. The Balaban J connectivity index is 1.37. The second kappa shape index (κ2) is 14.5. The van der Waals surface area contributed by atoms with E-state index in [0.717, 1.165) is 23.1 Å². The highest BCUT2D eigenvalue weighted by molar-refractivity contribution is 6.35. The number of amides is 1. The van der Waals surface area contributed by atoms with Gasteiger partial charge in [0.1, 0.15) is 0 Å². The summed E-state index contributed by atoms with van der Waals surface area (Å²) in [4.78, 5) is 25.0. The number of benzene rings is 1. The van der Waals surface area contributed by atoms with Crippen molar-refractivity contribution in [1.29, 1.82) is 0 Å². The first kappa shape index (κ1) is 31.3. The smallest absolute Gasteiger partial charge is 0.220 e. The number of hydrogen-bond acceptors (Lipinski definition) is 9. The summed E-state index contributed by atoms with van der Waals surface area (Å²) in [5, 5.41) is 21.8. The zero-order valence-electron chi connectivity index (χ0n) is 24.6. The first-order chi connectivity index (χ1) is 21.4. The topological polar surface area (TPSA) is 133 Å². The van der Waals surface area contributed by atoms with Gasteiger partial charge in [0.2, 0.25) is 11.8 Å². The van der Waals surface area contributed by atoms with Crippen LogP contribution in [0.3, 0.4) is 0 Å². The lowest BCUT2D eigenvalue weighted by Crippen LogP contribution is -2.35. The first-order valence-corrected chi connectivity index (χ1v) is 14.8. The number of methoxy groups -OCH3 is 1. The number of rotatable bonds is 13. The number of anilines is 2. The minimum absolute atomic E-state index is 0.0305. The highest BCUT2D eigenvalue weighted by atomic mass is 35.5. The molecular weight excluding hydrogens is 585 g/mol. The summed E-state index contributed by atoms with van der Waals surface area (Å²) in [5.74, 6) is 0.197. The molecule has 44 heavy (non-hydrogen) atoms. The Kier molecular flexibility index (Phi) is 10.3. The second-order valence-electron chi connectivity index (χ2n) is 10.5. The molecule has 0 radical (unpaired) electrons. The van der Waals surface area contributed by atoms with Gasteiger partial charge >= 0.3 is 0 Å². The molecule has 0 bridgehead atoms. The van der Waals surface area contributed by atoms with Crippen LogP contribution in [0.25, 0.3) is 22.5 Å². The number of aromatic nitrogens is 3. The fraction of sp³-hybridized carbons (Fsp3) is 0.312. The van der Waals surface area contributed by atoms with Crippen LogP contribution in [-0.2, 0) is 17.9 Å². The maximum Gasteiger partial charge on any atom is 0.220 e. The molecule has 3 aromatic heterocycles. The van der Waals surface area contributed by atoms with Crippen LogP contribution in [0.1, 0.15) is 29.5 Å². The Labute approximate surface area is 260 Å². The second-order valence-corrected chi connectivity index (χ2v) is 10.8. The van der Waals surface area contributed by atoms with Crippen molar-refractivity contribution in [3.05, 3.63) is 82.4 Å². The molecule has 5 N–H and O–H groups in total. The number of nitrogens with zero attached hydrogens (tertiary/aromatic N) is 3. The zero-order chi connectivity index (χ0) is 31.1. The van der Waals surface area contributed by atoms with Crippen LogP contribution in [0.5, 0.6) is 5.88 Å². The standard InChI is InChI=1S/C32H35ClFN7O3/c1-19-23(4-3-5-25(19)40-31-29(34)20(10-12-38-31)16-35-14-15-42)30-28(33)24(11-13-37-30)26-8-6-21(32(41-26)44-2)17-36-18-22-7-9-27(43)39-22/h3-6,8,10-13,22,35-36,42H,7,9,14-18H2,1-2H3,(H,38,40)(H,39,43)/t22-/m0/s1. The Morgan fingerprint density at radius 2 is 1.89 bits per heavy atom. The molecule has 4 heterocycles. The lowest BCUT2D eigenvalue weighted by atomic mass is 10.0. The third-order valence-corrected chi connectivity index (χ3v) is 7.89. The number of carbonyl (C=O) groups is 1. The van der Waals surface area contributed by atoms with E-state index in [1.807, 2.05) is 37.3 Å². The van der Waals surface area contributed by atoms with Crippen LogP contribution in [0, 0.1) is 12.7 Å². The molecule has 0 spiro atoms. The Morgan fingerprint density at radius 3 is 2.66 bits per heavy atom. The van der Waals surface area contributed by atoms with Crippen molar-refractivity contribution in [3.63, 3.8) is 0 Å². The van der Waals surface area contributed by atoms with Gasteiger partial charge in [-0.05, 0) is 43.2 Å². The van der Waals surface area contributed by atoms with Gasteiger partial charge in [0.25, 0.3) is 0 Å². The van der Waals surface area contributed by atoms with Crippen molar-refractivity contribution in [2.75, 3.05) is 32.1 Å². The lowest BCUT2D eigenvalue weighted by molar-refractivity contribution is -0.119. The van der Waals surface area contributed by atoms with E-state index in [-0.39, 0.29) is 30.9 Å². The fourth-order valence-electron chi connectivity index (χ4n) is 5.14. The molecule has 1 aromatic carbocycles. The van der Waals surface area contributed by atoms with E-state index in [2.05, 4.69) is 31.2 Å². The number of ether oxygens (including phenoxy) is 1. The van der Waals surface area contributed by atoms with Crippen LogP contribution >= 0.6 is 11.6 Å². The van der Waals surface area contributed by atoms with Crippen molar-refractivity contribution in [2.45, 2.75) is 38.9 Å². The van der Waals surface area contributed by atoms with Crippen LogP contribution in [0.15, 0.2) is 54.9 Å². The van der Waals surface area contributed by atoms with Gasteiger partial charge in [-0.3, -0.25) is 9.78 Å². The van der Waals surface area contributed by atoms with Crippen molar-refractivity contribution in [1.82, 2.24) is 30.9 Å². The Hall–Kier alpha value is -4.16. The molecule has 10 nitrogen and oxygen atoms in total. The first-order valence-electron chi connectivity index (χ1n) is 14.4. The molecule has 4 aromatic rings. The molecule has 1 aliphatic rings. The number of halogens is 2. The quantitative estimate of drug-likeness (QED) is 0.137. The molecule has 1 fully saturated rings. The summed E-state index contributed by atoms with van der Waals surface area (Å²) in [6.07, 6.45) is 4.61. The fourth-order valence-corrected chi connectivity index (χ4v) is 5.45. The van der Waals surface area contributed by atoms with Crippen LogP contribution in [0.4, 0.5) is 15.9 Å². The van der Waals surface area contributed by atoms with E-state index >= 15 is 4.39 Å². The Morgan fingerprint density at radius 1 is 1.07 bits per heavy atom. The van der Waals surface area contributed by atoms with Crippen LogP contribution in [0.2, 0.25) is 5.02 Å². The maximum atomic E-state index is 15.2. The maximum absolute atomic E-state index is 15.2. The SMILES string of the molecule is COc1nc(-c2ccnc(-c3cccc(Nc4nccc(CNCCO)c4F)c3C)c2Cl)ccc1CNC[C@@H]1CCC(=O)N1. The normalized spacial score (nSPS) is 14.5. The lowest BCUT2D eigenvalue weighted by Gasteiger charge is -2.16. The molecule has 230 valence electrons. The van der Waals surface area contributed by atoms with Gasteiger partial charge in [-0.2, -0.15) is 0 Å². The van der Waals surface area contributed by atoms with E-state index in [1.165, 1.54) is 0 Å². The van der Waals surface area contributed by atoms with Gasteiger partial charge in [-0.1, -0.05) is 29.8 Å². The molecule has 5 rings (SSSR count). The predicted molar refractivity (Wildman–Crippen MR) is 168 cm³/mol. The van der Waals surface area contributed by atoms with Crippen molar-refractivity contribution in [3.8, 4) is 28.4 Å². The van der Waals surface area contributed by atoms with E-state index in [9.17, 15) is 4.79 Å². The van der Waals surface area contributed by atoms with E-state index in [1.54, 1.807) is 31.6 Å². The predicted octanol–water partition coefficient (Wildman–Crippen LogP) is 4.51. The summed E-state index contributed by atoms with van der Waals surface area (Å²) in [6, 6.07) is 13.0. The van der Waals surface area contributed by atoms with Gasteiger partial charge < -0.3 is 31.1 Å². The molecule has 1 amide bonds. The van der Waals surface area contributed by atoms with E-state index in [4.69, 9.17) is 26.4 Å². The van der Waals surface area contributed by atoms with Crippen molar-refractivity contribution < 1.29 is 19.0 Å². The largest absolute Gasteiger partial charge is 0.481 e. The summed E-state index contributed by atoms with van der Waals surface area (Å²) in [7, 11) is 1.58.